The molecule has 2 N–H and O–H groups in total. The average molecular weight is 389 g/mol. The highest BCUT2D eigenvalue weighted by Gasteiger charge is 2.30. The van der Waals surface area contributed by atoms with Gasteiger partial charge >= 0.3 is 6.18 Å². The molecule has 140 valence electrons. The standard InChI is InChI=1S/C15H14F3N3O4S/c1-25-13-7-10(5-6-19-13)14(22)21-26(23,24)9-20-12-4-2-3-11(8-12)15(16,17)18/h2-8,20H,9H2,1H3,(H,21,22). The molecule has 1 aromatic heterocycles. The minimum atomic E-state index is -4.55. The second-order valence-electron chi connectivity index (χ2n) is 5.03. The second-order valence-corrected chi connectivity index (χ2v) is 6.75. The van der Waals surface area contributed by atoms with Crippen LogP contribution >= 0.6 is 0 Å². The van der Waals surface area contributed by atoms with Gasteiger partial charge in [0.05, 0.1) is 12.7 Å². The summed E-state index contributed by atoms with van der Waals surface area (Å²) in [4.78, 5) is 15.8. The smallest absolute Gasteiger partial charge is 0.416 e. The summed E-state index contributed by atoms with van der Waals surface area (Å²) in [5.41, 5.74) is -0.976. The molecule has 0 aliphatic carbocycles. The summed E-state index contributed by atoms with van der Waals surface area (Å²) < 4.78 is 68.5. The predicted octanol–water partition coefficient (Wildman–Crippen LogP) is 2.24. The molecule has 0 radical (unpaired) electrons. The number of methoxy groups -OCH3 is 1. The van der Waals surface area contributed by atoms with Crippen molar-refractivity contribution >= 4 is 21.6 Å². The van der Waals surface area contributed by atoms with Crippen molar-refractivity contribution in [3.05, 3.63) is 53.7 Å². The fourth-order valence-electron chi connectivity index (χ4n) is 1.88. The number of ether oxygens (including phenoxy) is 1. The molecule has 0 spiro atoms. The number of benzene rings is 1. The zero-order valence-corrected chi connectivity index (χ0v) is 14.2. The molecular formula is C15H14F3N3O4S. The molecule has 0 saturated heterocycles. The molecular weight excluding hydrogens is 375 g/mol. The number of nitrogens with one attached hydrogen (secondary N) is 2. The van der Waals surface area contributed by atoms with E-state index in [1.54, 1.807) is 4.72 Å². The number of nitrogens with zero attached hydrogens (tertiary/aromatic N) is 1. The van der Waals surface area contributed by atoms with Crippen LogP contribution < -0.4 is 14.8 Å². The summed E-state index contributed by atoms with van der Waals surface area (Å²) in [5.74, 6) is -1.59. The molecule has 2 aromatic rings. The van der Waals surface area contributed by atoms with Gasteiger partial charge in [0.25, 0.3) is 15.9 Å². The van der Waals surface area contributed by atoms with Crippen LogP contribution in [0, 0.1) is 0 Å². The van der Waals surface area contributed by atoms with E-state index in [1.807, 2.05) is 0 Å². The molecule has 7 nitrogen and oxygen atoms in total. The molecule has 1 amide bonds. The fraction of sp³-hybridized carbons (Fsp3) is 0.200. The van der Waals surface area contributed by atoms with Gasteiger partial charge in [0.2, 0.25) is 5.88 Å². The molecule has 2 rings (SSSR count). The van der Waals surface area contributed by atoms with Crippen LogP contribution in [0.5, 0.6) is 5.88 Å². The molecule has 0 bridgehead atoms. The lowest BCUT2D eigenvalue weighted by Crippen LogP contribution is -2.34. The Labute approximate surface area is 147 Å². The SMILES string of the molecule is COc1cc(C(=O)NS(=O)(=O)CNc2cccc(C(F)(F)F)c2)ccn1. The Morgan fingerprint density at radius 3 is 2.62 bits per heavy atom. The predicted molar refractivity (Wildman–Crippen MR) is 87.1 cm³/mol. The molecule has 1 aromatic carbocycles. The van der Waals surface area contributed by atoms with Crippen LogP contribution in [-0.4, -0.2) is 32.3 Å². The van der Waals surface area contributed by atoms with Gasteiger partial charge in [-0.1, -0.05) is 6.07 Å². The number of hydrogen-bond donors (Lipinski definition) is 2. The Morgan fingerprint density at radius 1 is 1.23 bits per heavy atom. The number of alkyl halides is 3. The van der Waals surface area contributed by atoms with Gasteiger partial charge in [-0.3, -0.25) is 4.79 Å². The van der Waals surface area contributed by atoms with Gasteiger partial charge in [-0.15, -0.1) is 0 Å². The second kappa shape index (κ2) is 7.60. The van der Waals surface area contributed by atoms with Crippen LogP contribution in [-0.2, 0) is 16.2 Å². The Bertz CT molecular complexity index is 901. The van der Waals surface area contributed by atoms with Crippen molar-refractivity contribution in [2.45, 2.75) is 6.18 Å². The zero-order chi connectivity index (χ0) is 19.4. The van der Waals surface area contributed by atoms with Crippen molar-refractivity contribution in [3.63, 3.8) is 0 Å². The van der Waals surface area contributed by atoms with Crippen LogP contribution in [0.1, 0.15) is 15.9 Å². The largest absolute Gasteiger partial charge is 0.481 e. The van der Waals surface area contributed by atoms with Gasteiger partial charge in [-0.25, -0.2) is 18.1 Å². The lowest BCUT2D eigenvalue weighted by Gasteiger charge is -2.12. The summed E-state index contributed by atoms with van der Waals surface area (Å²) in [6.45, 7) is 0. The van der Waals surface area contributed by atoms with E-state index in [9.17, 15) is 26.4 Å². The van der Waals surface area contributed by atoms with E-state index in [1.165, 1.54) is 31.5 Å². The van der Waals surface area contributed by atoms with Crippen LogP contribution in [0.4, 0.5) is 18.9 Å². The molecule has 0 aliphatic rings. The number of carbonyl (C=O) groups is 1. The molecule has 0 atom stereocenters. The van der Waals surface area contributed by atoms with Crippen LogP contribution in [0.25, 0.3) is 0 Å². The lowest BCUT2D eigenvalue weighted by molar-refractivity contribution is -0.137. The highest BCUT2D eigenvalue weighted by atomic mass is 32.2. The molecule has 1 heterocycles. The van der Waals surface area contributed by atoms with Crippen molar-refractivity contribution in [1.82, 2.24) is 9.71 Å². The first-order chi connectivity index (χ1) is 12.1. The van der Waals surface area contributed by atoms with Crippen molar-refractivity contribution in [3.8, 4) is 5.88 Å². The molecule has 0 fully saturated rings. The number of amides is 1. The third-order valence-electron chi connectivity index (χ3n) is 3.11. The maximum Gasteiger partial charge on any atom is 0.416 e. The van der Waals surface area contributed by atoms with Crippen LogP contribution in [0.3, 0.4) is 0 Å². The summed E-state index contributed by atoms with van der Waals surface area (Å²) in [7, 11) is -2.82. The first kappa shape index (κ1) is 19.5. The van der Waals surface area contributed by atoms with Crippen molar-refractivity contribution in [2.75, 3.05) is 18.3 Å². The van der Waals surface area contributed by atoms with Gasteiger partial charge in [0.1, 0.15) is 5.88 Å². The highest BCUT2D eigenvalue weighted by Crippen LogP contribution is 2.30. The Hall–Kier alpha value is -2.82. The first-order valence-electron chi connectivity index (χ1n) is 7.07. The maximum atomic E-state index is 12.6. The summed E-state index contributed by atoms with van der Waals surface area (Å²) in [5, 5.41) is 2.34. The van der Waals surface area contributed by atoms with Gasteiger partial charge < -0.3 is 10.1 Å². The monoisotopic (exact) mass is 389 g/mol. The fourth-order valence-corrected chi connectivity index (χ4v) is 2.71. The molecule has 11 heteroatoms. The Kier molecular flexibility index (Phi) is 5.70. The Morgan fingerprint density at radius 2 is 1.96 bits per heavy atom. The minimum absolute atomic E-state index is 0.000469. The van der Waals surface area contributed by atoms with E-state index in [0.29, 0.717) is 0 Å². The van der Waals surface area contributed by atoms with Crippen molar-refractivity contribution in [1.29, 1.82) is 0 Å². The van der Waals surface area contributed by atoms with Crippen LogP contribution in [0.15, 0.2) is 42.6 Å². The molecule has 26 heavy (non-hydrogen) atoms. The van der Waals surface area contributed by atoms with E-state index in [-0.39, 0.29) is 17.1 Å². The van der Waals surface area contributed by atoms with Gasteiger partial charge in [0.15, 0.2) is 0 Å². The first-order valence-corrected chi connectivity index (χ1v) is 8.72. The van der Waals surface area contributed by atoms with Crippen molar-refractivity contribution < 1.29 is 31.1 Å². The van der Waals surface area contributed by atoms with E-state index in [4.69, 9.17) is 4.74 Å². The number of anilines is 1. The topological polar surface area (TPSA) is 97.4 Å². The third kappa shape index (κ3) is 5.34. The number of halogens is 3. The zero-order valence-electron chi connectivity index (χ0n) is 13.4. The van der Waals surface area contributed by atoms with Gasteiger partial charge in [-0.05, 0) is 24.3 Å². The van der Waals surface area contributed by atoms with E-state index in [0.717, 1.165) is 18.2 Å². The van der Waals surface area contributed by atoms with Crippen LogP contribution in [0.2, 0.25) is 0 Å². The summed E-state index contributed by atoms with van der Waals surface area (Å²) in [6.07, 6.45) is -3.29. The van der Waals surface area contributed by atoms with E-state index < -0.39 is 33.5 Å². The minimum Gasteiger partial charge on any atom is -0.481 e. The normalized spacial score (nSPS) is 11.7. The van der Waals surface area contributed by atoms with Gasteiger partial charge in [-0.2, -0.15) is 13.2 Å². The quantitative estimate of drug-likeness (QED) is 0.787. The number of sulfonamides is 1. The van der Waals surface area contributed by atoms with Crippen molar-refractivity contribution in [2.24, 2.45) is 0 Å². The Balaban J connectivity index is 2.04. The number of carbonyl (C=O) groups excluding carboxylic acids is 1. The third-order valence-corrected chi connectivity index (χ3v) is 4.13. The van der Waals surface area contributed by atoms with E-state index >= 15 is 0 Å². The summed E-state index contributed by atoms with van der Waals surface area (Å²) >= 11 is 0. The molecule has 0 aliphatic heterocycles. The summed E-state index contributed by atoms with van der Waals surface area (Å²) in [6, 6.07) is 6.57. The lowest BCUT2D eigenvalue weighted by atomic mass is 10.2. The number of hydrogen-bond acceptors (Lipinski definition) is 6. The highest BCUT2D eigenvalue weighted by molar-refractivity contribution is 7.90. The number of aromatic nitrogens is 1. The molecule has 0 unspecified atom stereocenters. The van der Waals surface area contributed by atoms with Gasteiger partial charge in [0, 0.05) is 23.5 Å². The number of pyridine rings is 1. The number of rotatable bonds is 6. The molecule has 0 saturated carbocycles. The van der Waals surface area contributed by atoms with E-state index in [2.05, 4.69) is 10.3 Å². The average Bonchev–Trinajstić information content (AvgIpc) is 2.59. The maximum absolute atomic E-state index is 12.6.